The summed E-state index contributed by atoms with van der Waals surface area (Å²) in [5, 5.41) is 14.5. The molecule has 0 fully saturated rings. The van der Waals surface area contributed by atoms with E-state index in [4.69, 9.17) is 11.6 Å². The molecular weight excluding hydrogens is 448 g/mol. The van der Waals surface area contributed by atoms with Crippen molar-refractivity contribution in [1.82, 2.24) is 20.6 Å². The summed E-state index contributed by atoms with van der Waals surface area (Å²) in [6, 6.07) is 11.6. The van der Waals surface area contributed by atoms with Gasteiger partial charge in [-0.2, -0.15) is 5.10 Å². The highest BCUT2D eigenvalue weighted by Crippen LogP contribution is 2.22. The number of hydrogen-bond donors (Lipinski definition) is 3. The molecule has 2 amide bonds. The fourth-order valence-corrected chi connectivity index (χ4v) is 3.17. The molecule has 1 aromatic heterocycles. The van der Waals surface area contributed by atoms with Crippen LogP contribution in [0.25, 0.3) is 5.69 Å². The SMILES string of the molecule is Cc1nn(-c2ccc(Br)cc2)c(C)c1C(=O)NNC(=O)c1cc(Cl)ccc1O. The summed E-state index contributed by atoms with van der Waals surface area (Å²) in [7, 11) is 0. The van der Waals surface area contributed by atoms with E-state index < -0.39 is 11.8 Å². The smallest absolute Gasteiger partial charge is 0.273 e. The van der Waals surface area contributed by atoms with Gasteiger partial charge < -0.3 is 5.11 Å². The third kappa shape index (κ3) is 4.02. The van der Waals surface area contributed by atoms with Crippen LogP contribution in [0.15, 0.2) is 46.9 Å². The number of benzene rings is 2. The highest BCUT2D eigenvalue weighted by Gasteiger charge is 2.20. The van der Waals surface area contributed by atoms with Crippen molar-refractivity contribution in [2.75, 3.05) is 0 Å². The molecule has 0 bridgehead atoms. The number of rotatable bonds is 3. The highest BCUT2D eigenvalue weighted by atomic mass is 79.9. The van der Waals surface area contributed by atoms with Crippen molar-refractivity contribution in [3.63, 3.8) is 0 Å². The van der Waals surface area contributed by atoms with E-state index >= 15 is 0 Å². The number of aryl methyl sites for hydroxylation is 1. The minimum absolute atomic E-state index is 0.0493. The van der Waals surface area contributed by atoms with Crippen LogP contribution in [-0.4, -0.2) is 26.7 Å². The van der Waals surface area contributed by atoms with Crippen LogP contribution in [0.2, 0.25) is 5.02 Å². The topological polar surface area (TPSA) is 96.3 Å². The second kappa shape index (κ2) is 8.04. The van der Waals surface area contributed by atoms with E-state index in [-0.39, 0.29) is 16.3 Å². The molecule has 3 aromatic rings. The second-order valence-corrected chi connectivity index (χ2v) is 7.36. The lowest BCUT2D eigenvalue weighted by molar-refractivity contribution is 0.0844. The predicted octanol–water partition coefficient (Wildman–Crippen LogP) is 3.69. The second-order valence-electron chi connectivity index (χ2n) is 6.00. The summed E-state index contributed by atoms with van der Waals surface area (Å²) in [5.74, 6) is -1.45. The monoisotopic (exact) mass is 462 g/mol. The molecule has 0 saturated carbocycles. The van der Waals surface area contributed by atoms with E-state index in [1.54, 1.807) is 18.5 Å². The van der Waals surface area contributed by atoms with Crippen LogP contribution in [-0.2, 0) is 0 Å². The van der Waals surface area contributed by atoms with Crippen molar-refractivity contribution in [2.24, 2.45) is 0 Å². The van der Waals surface area contributed by atoms with E-state index in [0.29, 0.717) is 17.0 Å². The number of hydrazine groups is 1. The van der Waals surface area contributed by atoms with Crippen LogP contribution >= 0.6 is 27.5 Å². The Labute approximate surface area is 174 Å². The van der Waals surface area contributed by atoms with E-state index in [0.717, 1.165) is 10.2 Å². The van der Waals surface area contributed by atoms with Gasteiger partial charge in [0.05, 0.1) is 28.2 Å². The third-order valence-corrected chi connectivity index (χ3v) is 4.85. The van der Waals surface area contributed by atoms with Crippen LogP contribution in [0, 0.1) is 13.8 Å². The first-order valence-electron chi connectivity index (χ1n) is 8.19. The van der Waals surface area contributed by atoms with Gasteiger partial charge in [0.1, 0.15) is 5.75 Å². The first-order chi connectivity index (χ1) is 13.3. The van der Waals surface area contributed by atoms with Gasteiger partial charge in [-0.3, -0.25) is 20.4 Å². The Morgan fingerprint density at radius 3 is 2.39 bits per heavy atom. The number of aromatic hydroxyl groups is 1. The lowest BCUT2D eigenvalue weighted by Gasteiger charge is -2.09. The number of carbonyl (C=O) groups is 2. The number of hydrogen-bond acceptors (Lipinski definition) is 4. The first-order valence-corrected chi connectivity index (χ1v) is 9.36. The largest absolute Gasteiger partial charge is 0.507 e. The first kappa shape index (κ1) is 19.9. The zero-order chi connectivity index (χ0) is 20.4. The maximum Gasteiger partial charge on any atom is 0.273 e. The van der Waals surface area contributed by atoms with Gasteiger partial charge in [0, 0.05) is 9.50 Å². The summed E-state index contributed by atoms with van der Waals surface area (Å²) in [6.45, 7) is 3.48. The average molecular weight is 464 g/mol. The Morgan fingerprint density at radius 1 is 1.07 bits per heavy atom. The molecule has 2 aromatic carbocycles. The molecule has 0 unspecified atom stereocenters. The molecular formula is C19H16BrClN4O3. The fraction of sp³-hybridized carbons (Fsp3) is 0.105. The van der Waals surface area contributed by atoms with Gasteiger partial charge in [0.15, 0.2) is 0 Å². The van der Waals surface area contributed by atoms with Gasteiger partial charge in [-0.1, -0.05) is 27.5 Å². The van der Waals surface area contributed by atoms with Gasteiger partial charge >= 0.3 is 0 Å². The van der Waals surface area contributed by atoms with Crippen LogP contribution in [0.1, 0.15) is 32.1 Å². The molecule has 9 heteroatoms. The molecule has 144 valence electrons. The molecule has 0 atom stereocenters. The summed E-state index contributed by atoms with van der Waals surface area (Å²) in [5.41, 5.74) is 6.85. The molecule has 7 nitrogen and oxygen atoms in total. The lowest BCUT2D eigenvalue weighted by atomic mass is 10.2. The van der Waals surface area contributed by atoms with Gasteiger partial charge in [-0.15, -0.1) is 0 Å². The normalized spacial score (nSPS) is 10.6. The average Bonchev–Trinajstić information content (AvgIpc) is 2.96. The van der Waals surface area contributed by atoms with Crippen molar-refractivity contribution in [2.45, 2.75) is 13.8 Å². The van der Waals surface area contributed by atoms with Crippen molar-refractivity contribution < 1.29 is 14.7 Å². The minimum atomic E-state index is -0.691. The number of nitrogens with one attached hydrogen (secondary N) is 2. The summed E-state index contributed by atoms with van der Waals surface area (Å²) in [6.07, 6.45) is 0. The maximum absolute atomic E-state index is 12.6. The van der Waals surface area contributed by atoms with Gasteiger partial charge in [0.2, 0.25) is 0 Å². The van der Waals surface area contributed by atoms with Crippen LogP contribution in [0.3, 0.4) is 0 Å². The van der Waals surface area contributed by atoms with Crippen LogP contribution in [0.4, 0.5) is 0 Å². The zero-order valence-electron chi connectivity index (χ0n) is 15.0. The van der Waals surface area contributed by atoms with Crippen molar-refractivity contribution in [1.29, 1.82) is 0 Å². The Balaban J connectivity index is 1.79. The van der Waals surface area contributed by atoms with E-state index in [2.05, 4.69) is 31.9 Å². The van der Waals surface area contributed by atoms with Crippen LogP contribution in [0.5, 0.6) is 5.75 Å². The molecule has 28 heavy (non-hydrogen) atoms. The summed E-state index contributed by atoms with van der Waals surface area (Å²) in [4.78, 5) is 24.8. The molecule has 1 heterocycles. The number of phenolic OH excluding ortho intramolecular Hbond substituents is 1. The standard InChI is InChI=1S/C19H16BrClN4O3/c1-10-17(11(2)25(24-10)14-6-3-12(20)4-7-14)19(28)23-22-18(27)15-9-13(21)5-8-16(15)26/h3-9,26H,1-2H3,(H,22,27)(H,23,28). The molecule has 0 radical (unpaired) electrons. The third-order valence-electron chi connectivity index (χ3n) is 4.08. The molecule has 0 saturated heterocycles. The van der Waals surface area contributed by atoms with E-state index in [1.807, 2.05) is 24.3 Å². The molecule has 0 aliphatic carbocycles. The Bertz CT molecular complexity index is 1060. The number of phenols is 1. The van der Waals surface area contributed by atoms with E-state index in [1.165, 1.54) is 18.2 Å². The Hall–Kier alpha value is -2.84. The number of nitrogens with zero attached hydrogens (tertiary/aromatic N) is 2. The van der Waals surface area contributed by atoms with Gasteiger partial charge in [-0.25, -0.2) is 4.68 Å². The number of carbonyl (C=O) groups excluding carboxylic acids is 2. The quantitative estimate of drug-likeness (QED) is 0.516. The zero-order valence-corrected chi connectivity index (χ0v) is 17.3. The molecule has 3 N–H and O–H groups in total. The summed E-state index contributed by atoms with van der Waals surface area (Å²) < 4.78 is 2.59. The Kier molecular flexibility index (Phi) is 5.71. The van der Waals surface area contributed by atoms with Crippen molar-refractivity contribution in [3.8, 4) is 11.4 Å². The minimum Gasteiger partial charge on any atom is -0.507 e. The van der Waals surface area contributed by atoms with Crippen molar-refractivity contribution in [3.05, 3.63) is 74.5 Å². The highest BCUT2D eigenvalue weighted by molar-refractivity contribution is 9.10. The van der Waals surface area contributed by atoms with Gasteiger partial charge in [-0.05, 0) is 56.3 Å². The van der Waals surface area contributed by atoms with Gasteiger partial charge in [0.25, 0.3) is 11.8 Å². The predicted molar refractivity (Wildman–Crippen MR) is 109 cm³/mol. The molecule has 0 aliphatic heterocycles. The number of aromatic nitrogens is 2. The van der Waals surface area contributed by atoms with Crippen LogP contribution < -0.4 is 10.9 Å². The lowest BCUT2D eigenvalue weighted by Crippen LogP contribution is -2.42. The maximum atomic E-state index is 12.6. The van der Waals surface area contributed by atoms with Crippen molar-refractivity contribution >= 4 is 39.3 Å². The summed E-state index contributed by atoms with van der Waals surface area (Å²) >= 11 is 9.22. The molecule has 0 aliphatic rings. The van der Waals surface area contributed by atoms with E-state index in [9.17, 15) is 14.7 Å². The number of halogens is 2. The Morgan fingerprint density at radius 2 is 1.71 bits per heavy atom. The molecule has 0 spiro atoms. The molecule has 3 rings (SSSR count). The fourth-order valence-electron chi connectivity index (χ4n) is 2.74. The number of amides is 2.